The molecule has 212 valence electrons. The minimum atomic E-state index is -1.03. The SMILES string of the molecule is Cc1ccc(NC(=O)Nc2ccc(-c3snc(NC(=O)NCCCN4CCOCC4)c3OC(N)=O)c(C)c2)cc1. The Morgan fingerprint density at radius 3 is 2.40 bits per heavy atom. The van der Waals surface area contributed by atoms with Gasteiger partial charge in [-0.3, -0.25) is 10.2 Å². The van der Waals surface area contributed by atoms with Crippen molar-refractivity contribution in [3.8, 4) is 16.2 Å². The van der Waals surface area contributed by atoms with Gasteiger partial charge in [0.2, 0.25) is 0 Å². The number of aryl methyl sites for hydroxylation is 2. The van der Waals surface area contributed by atoms with Gasteiger partial charge in [-0.2, -0.15) is 4.37 Å². The third-order valence-corrected chi connectivity index (χ3v) is 7.02. The zero-order chi connectivity index (χ0) is 28.5. The maximum atomic E-state index is 12.5. The Kier molecular flexibility index (Phi) is 9.89. The van der Waals surface area contributed by atoms with E-state index in [1.807, 2.05) is 38.1 Å². The molecule has 0 radical (unpaired) electrons. The summed E-state index contributed by atoms with van der Waals surface area (Å²) in [7, 11) is 0. The molecule has 0 unspecified atom stereocenters. The van der Waals surface area contributed by atoms with Crippen molar-refractivity contribution in [1.29, 1.82) is 0 Å². The summed E-state index contributed by atoms with van der Waals surface area (Å²) in [6.07, 6.45) is -0.248. The number of primary amides is 1. The van der Waals surface area contributed by atoms with Gasteiger partial charge >= 0.3 is 18.2 Å². The molecule has 0 saturated carbocycles. The first-order valence-electron chi connectivity index (χ1n) is 12.9. The third kappa shape index (κ3) is 8.15. The summed E-state index contributed by atoms with van der Waals surface area (Å²) in [5.74, 6) is 0.144. The number of anilines is 3. The van der Waals surface area contributed by atoms with Gasteiger partial charge in [0.15, 0.2) is 11.6 Å². The van der Waals surface area contributed by atoms with Crippen molar-refractivity contribution in [3.05, 3.63) is 53.6 Å². The van der Waals surface area contributed by atoms with Crippen LogP contribution in [0.4, 0.5) is 31.6 Å². The van der Waals surface area contributed by atoms with Gasteiger partial charge in [-0.05, 0) is 68.2 Å². The van der Waals surface area contributed by atoms with Gasteiger partial charge < -0.3 is 31.2 Å². The van der Waals surface area contributed by atoms with Crippen LogP contribution in [0.3, 0.4) is 0 Å². The molecular formula is C27H33N7O5S. The number of nitrogens with zero attached hydrogens (tertiary/aromatic N) is 2. The second-order valence-electron chi connectivity index (χ2n) is 9.27. The highest BCUT2D eigenvalue weighted by molar-refractivity contribution is 7.10. The van der Waals surface area contributed by atoms with Crippen LogP contribution >= 0.6 is 11.5 Å². The minimum absolute atomic E-state index is 0.0573. The Labute approximate surface area is 236 Å². The van der Waals surface area contributed by atoms with E-state index in [1.54, 1.807) is 18.2 Å². The number of aromatic nitrogens is 1. The highest BCUT2D eigenvalue weighted by Crippen LogP contribution is 2.42. The fourth-order valence-electron chi connectivity index (χ4n) is 4.14. The van der Waals surface area contributed by atoms with Crippen molar-refractivity contribution in [2.75, 3.05) is 55.3 Å². The van der Waals surface area contributed by atoms with Gasteiger partial charge in [0.1, 0.15) is 4.88 Å². The summed E-state index contributed by atoms with van der Waals surface area (Å²) in [6, 6.07) is 11.9. The Balaban J connectivity index is 1.38. The van der Waals surface area contributed by atoms with Crippen LogP contribution in [0.15, 0.2) is 42.5 Å². The molecule has 1 saturated heterocycles. The van der Waals surface area contributed by atoms with E-state index in [9.17, 15) is 14.4 Å². The number of hydrogen-bond donors (Lipinski definition) is 5. The molecule has 0 aliphatic carbocycles. The van der Waals surface area contributed by atoms with Crippen molar-refractivity contribution in [2.24, 2.45) is 5.73 Å². The summed E-state index contributed by atoms with van der Waals surface area (Å²) < 4.78 is 14.9. The van der Waals surface area contributed by atoms with Crippen molar-refractivity contribution < 1.29 is 23.9 Å². The number of hydrogen-bond acceptors (Lipinski definition) is 8. The molecule has 2 aromatic carbocycles. The molecule has 12 nitrogen and oxygen atoms in total. The lowest BCUT2D eigenvalue weighted by molar-refractivity contribution is 0.0375. The second kappa shape index (κ2) is 13.7. The molecule has 5 amide bonds. The topological polar surface area (TPSA) is 160 Å². The third-order valence-electron chi connectivity index (χ3n) is 6.16. The molecule has 6 N–H and O–H groups in total. The molecule has 0 bridgehead atoms. The predicted octanol–water partition coefficient (Wildman–Crippen LogP) is 4.37. The molecule has 0 spiro atoms. The van der Waals surface area contributed by atoms with E-state index in [1.165, 1.54) is 0 Å². The maximum Gasteiger partial charge on any atom is 0.410 e. The first-order chi connectivity index (χ1) is 19.3. The van der Waals surface area contributed by atoms with E-state index in [0.717, 1.165) is 61.9 Å². The number of rotatable bonds is 9. The minimum Gasteiger partial charge on any atom is -0.405 e. The fraction of sp³-hybridized carbons (Fsp3) is 0.333. The van der Waals surface area contributed by atoms with E-state index < -0.39 is 12.1 Å². The number of morpholine rings is 1. The van der Waals surface area contributed by atoms with Crippen molar-refractivity contribution in [1.82, 2.24) is 14.6 Å². The average Bonchev–Trinajstić information content (AvgIpc) is 3.29. The van der Waals surface area contributed by atoms with Crippen LogP contribution in [-0.2, 0) is 4.74 Å². The molecule has 4 rings (SSSR count). The Bertz CT molecular complexity index is 1340. The standard InChI is InChI=1S/C27H33N7O5S/c1-17-4-6-19(7-5-17)30-27(37)31-20-8-9-21(18(2)16-20)23-22(39-25(28)35)24(33-40-23)32-26(36)29-10-3-11-34-12-14-38-15-13-34/h4-9,16H,3,10-15H2,1-2H3,(H2,28,35)(H2,30,31,37)(H2,29,32,33,36). The number of carbonyl (C=O) groups excluding carboxylic acids is 3. The molecule has 1 fully saturated rings. The van der Waals surface area contributed by atoms with Gasteiger partial charge in [0.05, 0.1) is 13.2 Å². The molecule has 13 heteroatoms. The van der Waals surface area contributed by atoms with Crippen LogP contribution in [0.1, 0.15) is 17.5 Å². The van der Waals surface area contributed by atoms with Crippen LogP contribution in [-0.4, -0.2) is 66.8 Å². The van der Waals surface area contributed by atoms with Gasteiger partial charge in [-0.1, -0.05) is 23.8 Å². The van der Waals surface area contributed by atoms with Crippen LogP contribution in [0.2, 0.25) is 0 Å². The van der Waals surface area contributed by atoms with Crippen molar-refractivity contribution in [2.45, 2.75) is 20.3 Å². The normalized spacial score (nSPS) is 13.3. The highest BCUT2D eigenvalue weighted by atomic mass is 32.1. The van der Waals surface area contributed by atoms with E-state index in [4.69, 9.17) is 15.2 Å². The zero-order valence-electron chi connectivity index (χ0n) is 22.4. The molecule has 1 aliphatic heterocycles. The van der Waals surface area contributed by atoms with E-state index in [0.29, 0.717) is 28.4 Å². The van der Waals surface area contributed by atoms with Gasteiger partial charge in [-0.15, -0.1) is 0 Å². The molecule has 1 aromatic heterocycles. The lowest BCUT2D eigenvalue weighted by Crippen LogP contribution is -2.38. The predicted molar refractivity (Wildman–Crippen MR) is 155 cm³/mol. The van der Waals surface area contributed by atoms with Gasteiger partial charge in [0.25, 0.3) is 0 Å². The molecule has 40 heavy (non-hydrogen) atoms. The second-order valence-corrected chi connectivity index (χ2v) is 10.0. The lowest BCUT2D eigenvalue weighted by atomic mass is 10.1. The lowest BCUT2D eigenvalue weighted by Gasteiger charge is -2.26. The first kappa shape index (κ1) is 28.8. The zero-order valence-corrected chi connectivity index (χ0v) is 23.2. The molecule has 2 heterocycles. The van der Waals surface area contributed by atoms with Crippen LogP contribution in [0.25, 0.3) is 10.4 Å². The summed E-state index contributed by atoms with van der Waals surface area (Å²) >= 11 is 1.05. The van der Waals surface area contributed by atoms with Crippen molar-refractivity contribution in [3.63, 3.8) is 0 Å². The molecular weight excluding hydrogens is 534 g/mol. The average molecular weight is 568 g/mol. The van der Waals surface area contributed by atoms with Crippen LogP contribution in [0.5, 0.6) is 5.75 Å². The smallest absolute Gasteiger partial charge is 0.405 e. The number of carbonyl (C=O) groups is 3. The van der Waals surface area contributed by atoms with Gasteiger partial charge in [-0.25, -0.2) is 14.4 Å². The van der Waals surface area contributed by atoms with Crippen molar-refractivity contribution >= 4 is 46.9 Å². The quantitative estimate of drug-likeness (QED) is 0.240. The number of urea groups is 2. The Morgan fingerprint density at radius 2 is 1.70 bits per heavy atom. The molecule has 0 atom stereocenters. The van der Waals surface area contributed by atoms with Crippen LogP contribution in [0, 0.1) is 13.8 Å². The summed E-state index contributed by atoms with van der Waals surface area (Å²) in [6.45, 7) is 8.38. The Morgan fingerprint density at radius 1 is 1.00 bits per heavy atom. The molecule has 1 aliphatic rings. The number of nitrogens with one attached hydrogen (secondary N) is 4. The van der Waals surface area contributed by atoms with E-state index in [2.05, 4.69) is 30.5 Å². The fourth-order valence-corrected chi connectivity index (χ4v) is 5.00. The number of amides is 5. The Hall–Kier alpha value is -4.20. The summed E-state index contributed by atoms with van der Waals surface area (Å²) in [4.78, 5) is 39.4. The van der Waals surface area contributed by atoms with Crippen LogP contribution < -0.4 is 31.7 Å². The van der Waals surface area contributed by atoms with E-state index in [-0.39, 0.29) is 17.6 Å². The highest BCUT2D eigenvalue weighted by Gasteiger charge is 2.22. The van der Waals surface area contributed by atoms with E-state index >= 15 is 0 Å². The maximum absolute atomic E-state index is 12.5. The first-order valence-corrected chi connectivity index (χ1v) is 13.6. The largest absolute Gasteiger partial charge is 0.410 e. The monoisotopic (exact) mass is 567 g/mol. The number of nitrogens with two attached hydrogens (primary N) is 1. The number of benzene rings is 2. The summed E-state index contributed by atoms with van der Waals surface area (Å²) in [5.41, 5.74) is 9.14. The number of ether oxygens (including phenoxy) is 2. The molecule has 3 aromatic rings. The van der Waals surface area contributed by atoms with Gasteiger partial charge in [0, 0.05) is 36.6 Å². The summed E-state index contributed by atoms with van der Waals surface area (Å²) in [5, 5.41) is 11.0.